The first-order valence-electron chi connectivity index (χ1n) is 5.35. The Morgan fingerprint density at radius 2 is 2.24 bits per heavy atom. The van der Waals surface area contributed by atoms with Crippen LogP contribution in [-0.2, 0) is 13.5 Å². The molecule has 1 atom stereocenters. The average Bonchev–Trinajstić information content (AvgIpc) is 2.68. The van der Waals surface area contributed by atoms with Crippen LogP contribution < -0.4 is 0 Å². The number of hydrogen-bond acceptors (Lipinski definition) is 3. The number of nitrogens with zero attached hydrogens (tertiary/aromatic N) is 3. The van der Waals surface area contributed by atoms with Crippen molar-refractivity contribution in [1.82, 2.24) is 14.8 Å². The van der Waals surface area contributed by atoms with E-state index < -0.39 is 6.10 Å². The topological polar surface area (TPSA) is 50.9 Å². The SMILES string of the molecule is Cc1cccc(C(O)Cc2ncnn2C)c1Br. The summed E-state index contributed by atoms with van der Waals surface area (Å²) in [4.78, 5) is 4.11. The molecular weight excluding hydrogens is 282 g/mol. The van der Waals surface area contributed by atoms with E-state index in [2.05, 4.69) is 26.0 Å². The largest absolute Gasteiger partial charge is 0.388 e. The third-order valence-electron chi connectivity index (χ3n) is 2.76. The van der Waals surface area contributed by atoms with Crippen LogP contribution in [0.5, 0.6) is 0 Å². The molecule has 1 aromatic carbocycles. The van der Waals surface area contributed by atoms with Crippen molar-refractivity contribution < 1.29 is 5.11 Å². The summed E-state index contributed by atoms with van der Waals surface area (Å²) < 4.78 is 2.63. The number of benzene rings is 1. The third kappa shape index (κ3) is 2.56. The smallest absolute Gasteiger partial charge is 0.138 e. The zero-order valence-electron chi connectivity index (χ0n) is 9.76. The summed E-state index contributed by atoms with van der Waals surface area (Å²) in [6.07, 6.45) is 1.37. The van der Waals surface area contributed by atoms with E-state index >= 15 is 0 Å². The lowest BCUT2D eigenvalue weighted by atomic mass is 10.0. The van der Waals surface area contributed by atoms with Gasteiger partial charge in [-0.25, -0.2) is 4.98 Å². The van der Waals surface area contributed by atoms with E-state index in [1.54, 1.807) is 4.68 Å². The molecule has 0 aliphatic carbocycles. The van der Waals surface area contributed by atoms with Crippen LogP contribution in [0.1, 0.15) is 23.1 Å². The Morgan fingerprint density at radius 1 is 1.47 bits per heavy atom. The molecule has 2 aromatic rings. The first kappa shape index (κ1) is 12.3. The molecule has 5 heteroatoms. The van der Waals surface area contributed by atoms with Crippen molar-refractivity contribution in [1.29, 1.82) is 0 Å². The highest BCUT2D eigenvalue weighted by Crippen LogP contribution is 2.28. The second-order valence-corrected chi connectivity index (χ2v) is 4.79. The zero-order valence-corrected chi connectivity index (χ0v) is 11.3. The summed E-state index contributed by atoms with van der Waals surface area (Å²) in [6, 6.07) is 5.86. The van der Waals surface area contributed by atoms with E-state index in [1.165, 1.54) is 6.33 Å². The maximum absolute atomic E-state index is 10.2. The van der Waals surface area contributed by atoms with Crippen molar-refractivity contribution in [3.05, 3.63) is 46.0 Å². The molecule has 17 heavy (non-hydrogen) atoms. The van der Waals surface area contributed by atoms with Crippen LogP contribution in [0.2, 0.25) is 0 Å². The fourth-order valence-electron chi connectivity index (χ4n) is 1.72. The predicted octanol–water partition coefficient (Wildman–Crippen LogP) is 2.16. The monoisotopic (exact) mass is 295 g/mol. The van der Waals surface area contributed by atoms with Gasteiger partial charge in [-0.2, -0.15) is 5.10 Å². The normalized spacial score (nSPS) is 12.7. The van der Waals surface area contributed by atoms with Gasteiger partial charge in [-0.3, -0.25) is 4.68 Å². The molecular formula is C12H14BrN3O. The second kappa shape index (κ2) is 4.98. The van der Waals surface area contributed by atoms with Crippen LogP contribution in [0.15, 0.2) is 29.0 Å². The summed E-state index contributed by atoms with van der Waals surface area (Å²) in [5.41, 5.74) is 1.99. The summed E-state index contributed by atoms with van der Waals surface area (Å²) in [5.74, 6) is 0.769. The van der Waals surface area contributed by atoms with Crippen LogP contribution >= 0.6 is 15.9 Å². The molecule has 0 bridgehead atoms. The summed E-state index contributed by atoms with van der Waals surface area (Å²) in [5, 5.41) is 14.2. The molecule has 0 saturated carbocycles. The molecule has 1 unspecified atom stereocenters. The minimum absolute atomic E-state index is 0.457. The number of aryl methyl sites for hydroxylation is 2. The summed E-state index contributed by atoms with van der Waals surface area (Å²) in [7, 11) is 1.82. The minimum Gasteiger partial charge on any atom is -0.388 e. The van der Waals surface area contributed by atoms with Gasteiger partial charge in [0.15, 0.2) is 0 Å². The van der Waals surface area contributed by atoms with E-state index in [0.717, 1.165) is 21.4 Å². The predicted molar refractivity (Wildman–Crippen MR) is 68.5 cm³/mol. The summed E-state index contributed by atoms with van der Waals surface area (Å²) >= 11 is 3.50. The van der Waals surface area contributed by atoms with Crippen molar-refractivity contribution in [2.45, 2.75) is 19.4 Å². The first-order valence-corrected chi connectivity index (χ1v) is 6.15. The second-order valence-electron chi connectivity index (χ2n) is 4.00. The van der Waals surface area contributed by atoms with Crippen LogP contribution in [-0.4, -0.2) is 19.9 Å². The standard InChI is InChI=1S/C12H14BrN3O/c1-8-4-3-5-9(12(8)13)10(17)6-11-14-7-15-16(11)2/h3-5,7,10,17H,6H2,1-2H3. The Balaban J connectivity index is 2.23. The Morgan fingerprint density at radius 3 is 2.88 bits per heavy atom. The quantitative estimate of drug-likeness (QED) is 0.944. The molecule has 1 aromatic heterocycles. The van der Waals surface area contributed by atoms with Crippen molar-refractivity contribution in [3.63, 3.8) is 0 Å². The van der Waals surface area contributed by atoms with Crippen molar-refractivity contribution in [3.8, 4) is 0 Å². The molecule has 2 rings (SSSR count). The van der Waals surface area contributed by atoms with Crippen LogP contribution in [0.4, 0.5) is 0 Å². The van der Waals surface area contributed by atoms with E-state index in [0.29, 0.717) is 6.42 Å². The lowest BCUT2D eigenvalue weighted by molar-refractivity contribution is 0.173. The first-order chi connectivity index (χ1) is 8.09. The maximum Gasteiger partial charge on any atom is 0.138 e. The van der Waals surface area contributed by atoms with Gasteiger partial charge in [-0.15, -0.1) is 0 Å². The number of halogens is 1. The van der Waals surface area contributed by atoms with Gasteiger partial charge in [0.05, 0.1) is 6.10 Å². The van der Waals surface area contributed by atoms with Gasteiger partial charge >= 0.3 is 0 Å². The van der Waals surface area contributed by atoms with Crippen LogP contribution in [0.25, 0.3) is 0 Å². The Kier molecular flexibility index (Phi) is 3.59. The third-order valence-corrected chi connectivity index (χ3v) is 3.84. The molecule has 0 saturated heterocycles. The maximum atomic E-state index is 10.2. The lowest BCUT2D eigenvalue weighted by Gasteiger charge is -2.13. The van der Waals surface area contributed by atoms with Gasteiger partial charge in [0.25, 0.3) is 0 Å². The Labute approximate surface area is 108 Å². The summed E-state index contributed by atoms with van der Waals surface area (Å²) in [6.45, 7) is 2.00. The van der Waals surface area contributed by atoms with Gasteiger partial charge < -0.3 is 5.11 Å². The van der Waals surface area contributed by atoms with Gasteiger partial charge in [-0.05, 0) is 18.1 Å². The van der Waals surface area contributed by atoms with Gasteiger partial charge in [0, 0.05) is 17.9 Å². The molecule has 1 N–H and O–H groups in total. The molecule has 0 radical (unpaired) electrons. The molecule has 1 heterocycles. The van der Waals surface area contributed by atoms with E-state index in [4.69, 9.17) is 0 Å². The number of aliphatic hydroxyl groups excluding tert-OH is 1. The van der Waals surface area contributed by atoms with E-state index in [1.807, 2.05) is 32.2 Å². The molecule has 0 amide bonds. The molecule has 0 fully saturated rings. The molecule has 90 valence electrons. The Bertz CT molecular complexity index is 524. The van der Waals surface area contributed by atoms with Gasteiger partial charge in [0.2, 0.25) is 0 Å². The fraction of sp³-hybridized carbons (Fsp3) is 0.333. The zero-order chi connectivity index (χ0) is 12.4. The van der Waals surface area contributed by atoms with Crippen LogP contribution in [0, 0.1) is 6.92 Å². The molecule has 0 aliphatic rings. The molecule has 0 spiro atoms. The van der Waals surface area contributed by atoms with Crippen molar-refractivity contribution in [2.75, 3.05) is 0 Å². The van der Waals surface area contributed by atoms with E-state index in [-0.39, 0.29) is 0 Å². The lowest BCUT2D eigenvalue weighted by Crippen LogP contribution is -2.08. The number of aromatic nitrogens is 3. The van der Waals surface area contributed by atoms with Gasteiger partial charge in [0.1, 0.15) is 12.2 Å². The number of rotatable bonds is 3. The molecule has 0 aliphatic heterocycles. The number of hydrogen-bond donors (Lipinski definition) is 1. The highest BCUT2D eigenvalue weighted by atomic mass is 79.9. The van der Waals surface area contributed by atoms with Crippen molar-refractivity contribution in [2.24, 2.45) is 7.05 Å². The van der Waals surface area contributed by atoms with Gasteiger partial charge in [-0.1, -0.05) is 34.1 Å². The minimum atomic E-state index is -0.577. The molecule has 4 nitrogen and oxygen atoms in total. The Hall–Kier alpha value is -1.20. The van der Waals surface area contributed by atoms with E-state index in [9.17, 15) is 5.11 Å². The van der Waals surface area contributed by atoms with Crippen molar-refractivity contribution >= 4 is 15.9 Å². The van der Waals surface area contributed by atoms with Crippen LogP contribution in [0.3, 0.4) is 0 Å². The highest BCUT2D eigenvalue weighted by Gasteiger charge is 2.15. The fourth-order valence-corrected chi connectivity index (χ4v) is 2.24. The average molecular weight is 296 g/mol. The number of aliphatic hydroxyl groups is 1. The highest BCUT2D eigenvalue weighted by molar-refractivity contribution is 9.10.